The highest BCUT2D eigenvalue weighted by Crippen LogP contribution is 2.26. The number of benzene rings is 1. The minimum Gasteiger partial charge on any atom is -0.323 e. The average molecular weight is 295 g/mol. The topological polar surface area (TPSA) is 49.8 Å². The Morgan fingerprint density at radius 2 is 2.00 bits per heavy atom. The molecule has 0 saturated heterocycles. The maximum Gasteiger partial charge on any atom is 0.228 e. The lowest BCUT2D eigenvalue weighted by Gasteiger charge is -2.18. The van der Waals surface area contributed by atoms with Crippen molar-refractivity contribution in [2.24, 2.45) is 0 Å². The second-order valence-electron chi connectivity index (χ2n) is 4.29. The molecule has 1 aromatic carbocycles. The highest BCUT2D eigenvalue weighted by atomic mass is 35.5. The summed E-state index contributed by atoms with van der Waals surface area (Å²) in [5.41, 5.74) is 2.75. The molecule has 4 nitrogen and oxygen atoms in total. The summed E-state index contributed by atoms with van der Waals surface area (Å²) in [4.78, 5) is 8.77. The second kappa shape index (κ2) is 5.33. The van der Waals surface area contributed by atoms with Crippen molar-refractivity contribution in [1.82, 2.24) is 15.3 Å². The Labute approximate surface area is 121 Å². The maximum atomic E-state index is 6.19. The summed E-state index contributed by atoms with van der Waals surface area (Å²) in [6, 6.07) is 7.46. The van der Waals surface area contributed by atoms with E-state index in [0.717, 1.165) is 36.5 Å². The molecular formula is C13H12Cl2N4. The number of para-hydroxylation sites is 1. The van der Waals surface area contributed by atoms with Crippen LogP contribution < -0.4 is 10.6 Å². The summed E-state index contributed by atoms with van der Waals surface area (Å²) in [5, 5.41) is 7.48. The molecule has 0 fully saturated rings. The minimum atomic E-state index is 0.485. The van der Waals surface area contributed by atoms with Gasteiger partial charge in [0.05, 0.1) is 16.4 Å². The van der Waals surface area contributed by atoms with E-state index in [0.29, 0.717) is 16.1 Å². The third kappa shape index (κ3) is 2.66. The first kappa shape index (κ1) is 12.7. The number of aromatic nitrogens is 2. The van der Waals surface area contributed by atoms with Crippen molar-refractivity contribution in [3.8, 4) is 0 Å². The zero-order valence-corrected chi connectivity index (χ0v) is 11.6. The van der Waals surface area contributed by atoms with E-state index < -0.39 is 0 Å². The summed E-state index contributed by atoms with van der Waals surface area (Å²) in [6.45, 7) is 1.63. The van der Waals surface area contributed by atoms with Crippen LogP contribution in [0, 0.1) is 0 Å². The van der Waals surface area contributed by atoms with Crippen molar-refractivity contribution < 1.29 is 0 Å². The van der Waals surface area contributed by atoms with Crippen molar-refractivity contribution in [1.29, 1.82) is 0 Å². The molecular weight excluding hydrogens is 283 g/mol. The van der Waals surface area contributed by atoms with Crippen LogP contribution in [0.1, 0.15) is 11.3 Å². The van der Waals surface area contributed by atoms with Gasteiger partial charge in [-0.25, -0.2) is 9.97 Å². The molecule has 3 rings (SSSR count). The summed E-state index contributed by atoms with van der Waals surface area (Å²) in [6.07, 6.45) is 0.856. The standard InChI is InChI=1S/C13H12Cl2N4/c14-9-3-1-2-4-11(9)18-13-17-10-5-6-16-7-8(10)12(15)19-13/h1-4,16H,5-7H2,(H,17,18,19). The predicted octanol–water partition coefficient (Wildman–Crippen LogP) is 3.17. The lowest BCUT2D eigenvalue weighted by atomic mass is 10.1. The van der Waals surface area contributed by atoms with Gasteiger partial charge in [-0.2, -0.15) is 0 Å². The van der Waals surface area contributed by atoms with Crippen LogP contribution >= 0.6 is 23.2 Å². The Balaban J connectivity index is 1.94. The smallest absolute Gasteiger partial charge is 0.228 e. The van der Waals surface area contributed by atoms with Crippen LogP contribution in [-0.2, 0) is 13.0 Å². The van der Waals surface area contributed by atoms with Gasteiger partial charge in [0, 0.05) is 25.1 Å². The summed E-state index contributed by atoms with van der Waals surface area (Å²) >= 11 is 12.3. The van der Waals surface area contributed by atoms with Gasteiger partial charge in [-0.15, -0.1) is 0 Å². The molecule has 0 bridgehead atoms. The molecule has 0 spiro atoms. The van der Waals surface area contributed by atoms with Gasteiger partial charge >= 0.3 is 0 Å². The molecule has 2 N–H and O–H groups in total. The molecule has 0 unspecified atom stereocenters. The quantitative estimate of drug-likeness (QED) is 0.836. The van der Waals surface area contributed by atoms with Crippen LogP contribution in [0.4, 0.5) is 11.6 Å². The molecule has 1 aromatic heterocycles. The molecule has 2 heterocycles. The molecule has 6 heteroatoms. The number of anilines is 2. The third-order valence-electron chi connectivity index (χ3n) is 3.00. The van der Waals surface area contributed by atoms with Crippen LogP contribution in [0.3, 0.4) is 0 Å². The zero-order chi connectivity index (χ0) is 13.2. The van der Waals surface area contributed by atoms with E-state index in [4.69, 9.17) is 23.2 Å². The molecule has 98 valence electrons. The molecule has 0 amide bonds. The van der Waals surface area contributed by atoms with E-state index in [1.807, 2.05) is 24.3 Å². The van der Waals surface area contributed by atoms with E-state index in [-0.39, 0.29) is 0 Å². The van der Waals surface area contributed by atoms with E-state index >= 15 is 0 Å². The van der Waals surface area contributed by atoms with Gasteiger partial charge in [0.15, 0.2) is 0 Å². The Kier molecular flexibility index (Phi) is 3.55. The van der Waals surface area contributed by atoms with Crippen LogP contribution in [0.25, 0.3) is 0 Å². The fourth-order valence-electron chi connectivity index (χ4n) is 2.04. The van der Waals surface area contributed by atoms with Crippen LogP contribution in [-0.4, -0.2) is 16.5 Å². The molecule has 2 aromatic rings. The maximum absolute atomic E-state index is 6.19. The first-order chi connectivity index (χ1) is 9.24. The van der Waals surface area contributed by atoms with E-state index in [1.54, 1.807) is 0 Å². The van der Waals surface area contributed by atoms with Crippen molar-refractivity contribution in [3.63, 3.8) is 0 Å². The number of hydrogen-bond acceptors (Lipinski definition) is 4. The Bertz CT molecular complexity index is 616. The fourth-order valence-corrected chi connectivity index (χ4v) is 2.48. The predicted molar refractivity (Wildman–Crippen MR) is 77.2 cm³/mol. The Morgan fingerprint density at radius 3 is 2.84 bits per heavy atom. The van der Waals surface area contributed by atoms with Crippen molar-refractivity contribution in [2.75, 3.05) is 11.9 Å². The molecule has 0 saturated carbocycles. The lowest BCUT2D eigenvalue weighted by molar-refractivity contribution is 0.627. The number of halogens is 2. The molecule has 1 aliphatic heterocycles. The van der Waals surface area contributed by atoms with E-state index in [2.05, 4.69) is 20.6 Å². The summed E-state index contributed by atoms with van der Waals surface area (Å²) in [7, 11) is 0. The molecule has 0 aliphatic carbocycles. The molecule has 0 radical (unpaired) electrons. The fraction of sp³-hybridized carbons (Fsp3) is 0.231. The van der Waals surface area contributed by atoms with Crippen molar-refractivity contribution in [2.45, 2.75) is 13.0 Å². The van der Waals surface area contributed by atoms with Gasteiger partial charge in [-0.05, 0) is 12.1 Å². The Hall–Kier alpha value is -1.36. The van der Waals surface area contributed by atoms with Gasteiger partial charge < -0.3 is 10.6 Å². The summed E-state index contributed by atoms with van der Waals surface area (Å²) < 4.78 is 0. The third-order valence-corrected chi connectivity index (χ3v) is 3.65. The largest absolute Gasteiger partial charge is 0.323 e. The first-order valence-electron chi connectivity index (χ1n) is 6.01. The Morgan fingerprint density at radius 1 is 1.16 bits per heavy atom. The molecule has 19 heavy (non-hydrogen) atoms. The minimum absolute atomic E-state index is 0.485. The second-order valence-corrected chi connectivity index (χ2v) is 5.06. The van der Waals surface area contributed by atoms with Gasteiger partial charge in [0.25, 0.3) is 0 Å². The number of nitrogens with zero attached hydrogens (tertiary/aromatic N) is 2. The lowest BCUT2D eigenvalue weighted by Crippen LogP contribution is -2.25. The van der Waals surface area contributed by atoms with Crippen molar-refractivity contribution in [3.05, 3.63) is 45.7 Å². The number of rotatable bonds is 2. The number of hydrogen-bond donors (Lipinski definition) is 2. The van der Waals surface area contributed by atoms with Gasteiger partial charge in [-0.1, -0.05) is 35.3 Å². The van der Waals surface area contributed by atoms with Gasteiger partial charge in [0.1, 0.15) is 5.15 Å². The van der Waals surface area contributed by atoms with Crippen molar-refractivity contribution >= 4 is 34.8 Å². The zero-order valence-electron chi connectivity index (χ0n) is 10.1. The van der Waals surface area contributed by atoms with Gasteiger partial charge in [-0.3, -0.25) is 0 Å². The SMILES string of the molecule is Clc1ccccc1Nc1nc(Cl)c2c(n1)CCNC2. The number of nitrogens with one attached hydrogen (secondary N) is 2. The van der Waals surface area contributed by atoms with E-state index in [9.17, 15) is 0 Å². The summed E-state index contributed by atoms with van der Waals surface area (Å²) in [5.74, 6) is 0.485. The van der Waals surface area contributed by atoms with Crippen LogP contribution in [0.5, 0.6) is 0 Å². The normalized spacial score (nSPS) is 14.0. The van der Waals surface area contributed by atoms with Crippen LogP contribution in [0.2, 0.25) is 10.2 Å². The monoisotopic (exact) mass is 294 g/mol. The van der Waals surface area contributed by atoms with Crippen LogP contribution in [0.15, 0.2) is 24.3 Å². The molecule has 1 aliphatic rings. The van der Waals surface area contributed by atoms with Gasteiger partial charge in [0.2, 0.25) is 5.95 Å². The molecule has 0 atom stereocenters. The number of fused-ring (bicyclic) bond motifs is 1. The first-order valence-corrected chi connectivity index (χ1v) is 6.77. The average Bonchev–Trinajstić information content (AvgIpc) is 2.42. The highest BCUT2D eigenvalue weighted by molar-refractivity contribution is 6.33. The highest BCUT2D eigenvalue weighted by Gasteiger charge is 2.16. The van der Waals surface area contributed by atoms with E-state index in [1.165, 1.54) is 0 Å².